The minimum Gasteiger partial charge on any atom is -0.312 e. The van der Waals surface area contributed by atoms with Crippen molar-refractivity contribution in [1.29, 1.82) is 0 Å². The van der Waals surface area contributed by atoms with Crippen molar-refractivity contribution in [2.45, 2.75) is 26.7 Å². The number of nitrogens with zero attached hydrogens (tertiary/aromatic N) is 2. The Bertz CT molecular complexity index is 580. The maximum absolute atomic E-state index is 12.9. The lowest BCUT2D eigenvalue weighted by molar-refractivity contribution is -0.118. The van der Waals surface area contributed by atoms with Crippen LogP contribution in [0.25, 0.3) is 0 Å². The van der Waals surface area contributed by atoms with Crippen molar-refractivity contribution < 1.29 is 9.18 Å². The monoisotopic (exact) mass is 292 g/mol. The Balaban J connectivity index is 2.10. The molecule has 1 heterocycles. The third kappa shape index (κ3) is 3.42. The number of aryl methyl sites for hydroxylation is 1. The molecule has 0 atom stereocenters. The quantitative estimate of drug-likeness (QED) is 0.845. The molecule has 2 aromatic rings. The second kappa shape index (κ2) is 6.61. The highest BCUT2D eigenvalue weighted by Crippen LogP contribution is 2.17. The third-order valence-electron chi connectivity index (χ3n) is 2.99. The topological polar surface area (TPSA) is 33.2 Å². The van der Waals surface area contributed by atoms with Crippen LogP contribution >= 0.6 is 11.3 Å². The van der Waals surface area contributed by atoms with Crippen molar-refractivity contribution in [3.63, 3.8) is 0 Å². The maximum atomic E-state index is 12.9. The van der Waals surface area contributed by atoms with Crippen LogP contribution in [0.4, 0.5) is 10.1 Å². The summed E-state index contributed by atoms with van der Waals surface area (Å²) >= 11 is 1.58. The van der Waals surface area contributed by atoms with Gasteiger partial charge in [-0.1, -0.05) is 6.92 Å². The Morgan fingerprint density at radius 3 is 2.55 bits per heavy atom. The number of likely N-dealkylation sites (N-methyl/N-ethyl adjacent to an activating group) is 1. The van der Waals surface area contributed by atoms with Gasteiger partial charge in [-0.15, -0.1) is 11.3 Å². The zero-order chi connectivity index (χ0) is 14.5. The average Bonchev–Trinajstić information content (AvgIpc) is 2.89. The molecule has 20 heavy (non-hydrogen) atoms. The van der Waals surface area contributed by atoms with Gasteiger partial charge in [-0.3, -0.25) is 4.79 Å². The van der Waals surface area contributed by atoms with Crippen LogP contribution in [-0.2, 0) is 17.6 Å². The Morgan fingerprint density at radius 1 is 1.30 bits per heavy atom. The molecule has 0 aliphatic rings. The number of aromatic nitrogens is 1. The second-order valence-electron chi connectivity index (χ2n) is 4.38. The SMILES string of the molecule is CCc1nc(CC(=O)N(CC)c2ccc(F)cc2)cs1. The molecule has 1 aromatic heterocycles. The zero-order valence-electron chi connectivity index (χ0n) is 11.6. The second-order valence-corrected chi connectivity index (χ2v) is 5.32. The first-order valence-corrected chi connectivity index (χ1v) is 7.51. The number of benzene rings is 1. The van der Waals surface area contributed by atoms with Crippen molar-refractivity contribution in [1.82, 2.24) is 4.98 Å². The van der Waals surface area contributed by atoms with Gasteiger partial charge in [-0.25, -0.2) is 9.37 Å². The van der Waals surface area contributed by atoms with E-state index in [0.29, 0.717) is 12.2 Å². The Morgan fingerprint density at radius 2 is 2.00 bits per heavy atom. The van der Waals surface area contributed by atoms with Crippen LogP contribution in [0, 0.1) is 5.82 Å². The molecule has 1 aromatic carbocycles. The average molecular weight is 292 g/mol. The van der Waals surface area contributed by atoms with E-state index in [9.17, 15) is 9.18 Å². The number of rotatable bonds is 5. The van der Waals surface area contributed by atoms with E-state index >= 15 is 0 Å². The highest BCUT2D eigenvalue weighted by atomic mass is 32.1. The number of carbonyl (C=O) groups excluding carboxylic acids is 1. The normalized spacial score (nSPS) is 10.6. The van der Waals surface area contributed by atoms with Crippen LogP contribution in [0.3, 0.4) is 0 Å². The first kappa shape index (κ1) is 14.7. The van der Waals surface area contributed by atoms with Gasteiger partial charge in [0.1, 0.15) is 5.82 Å². The molecule has 0 radical (unpaired) electrons. The Kier molecular flexibility index (Phi) is 4.84. The smallest absolute Gasteiger partial charge is 0.233 e. The number of carbonyl (C=O) groups is 1. The van der Waals surface area contributed by atoms with Gasteiger partial charge in [0.2, 0.25) is 5.91 Å². The highest BCUT2D eigenvalue weighted by molar-refractivity contribution is 7.09. The summed E-state index contributed by atoms with van der Waals surface area (Å²) in [5, 5.41) is 2.97. The number of hydrogen-bond acceptors (Lipinski definition) is 3. The van der Waals surface area contributed by atoms with Gasteiger partial charge in [0.05, 0.1) is 17.1 Å². The molecule has 0 saturated carbocycles. The van der Waals surface area contributed by atoms with Crippen LogP contribution in [-0.4, -0.2) is 17.4 Å². The van der Waals surface area contributed by atoms with Gasteiger partial charge in [-0.05, 0) is 37.6 Å². The van der Waals surface area contributed by atoms with Crippen molar-refractivity contribution in [2.24, 2.45) is 0 Å². The predicted octanol–water partition coefficient (Wildman–Crippen LogP) is 3.44. The van der Waals surface area contributed by atoms with Gasteiger partial charge in [0.15, 0.2) is 0 Å². The first-order valence-electron chi connectivity index (χ1n) is 6.63. The molecule has 106 valence electrons. The van der Waals surface area contributed by atoms with Gasteiger partial charge < -0.3 is 4.90 Å². The van der Waals surface area contributed by atoms with E-state index in [2.05, 4.69) is 4.98 Å². The molecule has 3 nitrogen and oxygen atoms in total. The number of hydrogen-bond donors (Lipinski definition) is 0. The zero-order valence-corrected chi connectivity index (χ0v) is 12.4. The van der Waals surface area contributed by atoms with E-state index in [-0.39, 0.29) is 18.1 Å². The molecule has 0 unspecified atom stereocenters. The van der Waals surface area contributed by atoms with E-state index in [1.54, 1.807) is 28.4 Å². The number of halogens is 1. The molecular formula is C15H17FN2OS. The standard InChI is InChI=1S/C15H17FN2OS/c1-3-14-17-12(10-20-14)9-15(19)18(4-2)13-7-5-11(16)6-8-13/h5-8,10H,3-4,9H2,1-2H3. The van der Waals surface area contributed by atoms with Crippen molar-refractivity contribution in [2.75, 3.05) is 11.4 Å². The number of amides is 1. The summed E-state index contributed by atoms with van der Waals surface area (Å²) in [6.45, 7) is 4.50. The fourth-order valence-corrected chi connectivity index (χ4v) is 2.71. The fraction of sp³-hybridized carbons (Fsp3) is 0.333. The maximum Gasteiger partial charge on any atom is 0.233 e. The number of anilines is 1. The molecule has 2 rings (SSSR count). The van der Waals surface area contributed by atoms with Gasteiger partial charge in [0, 0.05) is 17.6 Å². The lowest BCUT2D eigenvalue weighted by atomic mass is 10.2. The molecule has 0 spiro atoms. The van der Waals surface area contributed by atoms with Crippen molar-refractivity contribution in [3.8, 4) is 0 Å². The van der Waals surface area contributed by atoms with E-state index in [0.717, 1.165) is 17.1 Å². The van der Waals surface area contributed by atoms with Crippen LogP contribution < -0.4 is 4.90 Å². The molecular weight excluding hydrogens is 275 g/mol. The predicted molar refractivity (Wildman–Crippen MR) is 79.6 cm³/mol. The van der Waals surface area contributed by atoms with Crippen LogP contribution in [0.2, 0.25) is 0 Å². The van der Waals surface area contributed by atoms with E-state index < -0.39 is 0 Å². The van der Waals surface area contributed by atoms with Gasteiger partial charge in [-0.2, -0.15) is 0 Å². The van der Waals surface area contributed by atoms with Gasteiger partial charge >= 0.3 is 0 Å². The fourth-order valence-electron chi connectivity index (χ4n) is 1.97. The minimum atomic E-state index is -0.302. The molecule has 0 aliphatic heterocycles. The largest absolute Gasteiger partial charge is 0.312 e. The van der Waals surface area contributed by atoms with E-state index in [1.165, 1.54) is 12.1 Å². The first-order chi connectivity index (χ1) is 9.63. The van der Waals surface area contributed by atoms with E-state index in [4.69, 9.17) is 0 Å². The lowest BCUT2D eigenvalue weighted by Gasteiger charge is -2.20. The Hall–Kier alpha value is -1.75. The van der Waals surface area contributed by atoms with Crippen molar-refractivity contribution in [3.05, 3.63) is 46.2 Å². The summed E-state index contributed by atoms with van der Waals surface area (Å²) in [7, 11) is 0. The minimum absolute atomic E-state index is 0.0212. The molecule has 0 saturated heterocycles. The van der Waals surface area contributed by atoms with E-state index in [1.807, 2.05) is 19.2 Å². The third-order valence-corrected chi connectivity index (χ3v) is 4.03. The van der Waals surface area contributed by atoms with Crippen LogP contribution in [0.5, 0.6) is 0 Å². The molecule has 0 N–H and O–H groups in total. The molecule has 0 fully saturated rings. The Labute approximate surface area is 122 Å². The summed E-state index contributed by atoms with van der Waals surface area (Å²) < 4.78 is 12.9. The van der Waals surface area contributed by atoms with Crippen molar-refractivity contribution >= 4 is 22.9 Å². The number of thiazole rings is 1. The highest BCUT2D eigenvalue weighted by Gasteiger charge is 2.16. The van der Waals surface area contributed by atoms with Crippen LogP contribution in [0.1, 0.15) is 24.5 Å². The lowest BCUT2D eigenvalue weighted by Crippen LogP contribution is -2.32. The molecule has 0 aliphatic carbocycles. The summed E-state index contributed by atoms with van der Waals surface area (Å²) in [5.74, 6) is -0.323. The summed E-state index contributed by atoms with van der Waals surface area (Å²) in [4.78, 5) is 18.4. The van der Waals surface area contributed by atoms with Crippen LogP contribution in [0.15, 0.2) is 29.6 Å². The molecule has 5 heteroatoms. The van der Waals surface area contributed by atoms with Gasteiger partial charge in [0.25, 0.3) is 0 Å². The summed E-state index contributed by atoms with van der Waals surface area (Å²) in [5.41, 5.74) is 1.52. The summed E-state index contributed by atoms with van der Waals surface area (Å²) in [6.07, 6.45) is 1.16. The molecule has 1 amide bonds. The molecule has 0 bridgehead atoms. The summed E-state index contributed by atoms with van der Waals surface area (Å²) in [6, 6.07) is 5.97.